The van der Waals surface area contributed by atoms with Crippen LogP contribution in [0.25, 0.3) is 5.32 Å². The van der Waals surface area contributed by atoms with Gasteiger partial charge in [0, 0.05) is 45.7 Å². The first-order chi connectivity index (χ1) is 42.9. The van der Waals surface area contributed by atoms with E-state index in [1.54, 1.807) is 6.92 Å². The van der Waals surface area contributed by atoms with Crippen molar-refractivity contribution in [1.82, 2.24) is 9.80 Å². The van der Waals surface area contributed by atoms with Gasteiger partial charge in [0.15, 0.2) is 0 Å². The first kappa shape index (κ1) is 86.6. The maximum atomic E-state index is 5.54. The average Bonchev–Trinajstić information content (AvgIpc) is 2.28. The van der Waals surface area contributed by atoms with Crippen LogP contribution in [0.1, 0.15) is 99.4 Å². The van der Waals surface area contributed by atoms with Gasteiger partial charge in [-0.15, -0.1) is 120 Å². The van der Waals surface area contributed by atoms with Gasteiger partial charge >= 0.3 is 26.2 Å². The van der Waals surface area contributed by atoms with Crippen molar-refractivity contribution in [2.75, 3.05) is 31.5 Å². The number of thiocarbonyl (C=S) groups is 1. The Kier molecular flexibility index (Phi) is 54.7. The molecular formula is C82H92Cl2N3S2Zr2-5. The predicted molar refractivity (Wildman–Crippen MR) is 399 cm³/mol. The third kappa shape index (κ3) is 46.3. The van der Waals surface area contributed by atoms with Crippen LogP contribution in [0.2, 0.25) is 0 Å². The Hall–Kier alpha value is -6.46. The molecule has 474 valence electrons. The molecule has 0 saturated carbocycles. The standard InChI is InChI=1S/C14H19NS.C13H19N2S.7C7H7.C5H4.CH2Cl2.2Zr/c1-11-6-5-7-12(2)13(11)10-14(16)15-8-3-4-9-15;1-10-6-5-7-11(2)12(10)14-13(16)15-8-3-4-9-15;7*1-7-5-3-2-4-6-7;1-3-5-4-2;2-1-3;;/h5-7H,3-4,8-10H2,1-2H3;5-7,13,16H,3-4,8-9H2,1-2H3;7*2-6H,1H2;1H,2H3;1H2;;/q;8*-1;;;;+4/p-1. The number of para-hydroxylation sites is 1. The smallest absolute Gasteiger partial charge is 0.793 e. The summed E-state index contributed by atoms with van der Waals surface area (Å²) in [4.78, 5) is 5.76. The van der Waals surface area contributed by atoms with Gasteiger partial charge in [0.25, 0.3) is 0 Å². The van der Waals surface area contributed by atoms with E-state index in [2.05, 4.69) is 145 Å². The summed E-state index contributed by atoms with van der Waals surface area (Å²) in [6.07, 6.45) is 10.8. The zero-order valence-electron chi connectivity index (χ0n) is 54.3. The molecule has 0 aromatic heterocycles. The van der Waals surface area contributed by atoms with Crippen LogP contribution in [0.3, 0.4) is 0 Å². The SMILES string of the molecule is C#CC#CC.Cc1cccc(C)c1CC(=S)N1CCCC1.Cc1cccc(C)c1[N-]C([S-])N1CCCC1.ClCCl.[CH2-]c1ccccc1.[CH2-]c1ccccc1.[CH2-]c1ccccc1.[CH2-]c1ccccc1.[CH2-]c1ccccc1.[CH2-]c1ccccc1.[CH2-]c1ccccc1.[Zr+4].[Zr]. The summed E-state index contributed by atoms with van der Waals surface area (Å²) in [6.45, 7) is 40.8. The Bertz CT molecular complexity index is 2830. The molecule has 3 nitrogen and oxygen atoms in total. The molecule has 2 heterocycles. The minimum absolute atomic E-state index is 0. The first-order valence-corrected chi connectivity index (χ1v) is 31.5. The van der Waals surface area contributed by atoms with Gasteiger partial charge in [-0.25, -0.2) is 0 Å². The van der Waals surface area contributed by atoms with E-state index in [4.69, 9.17) is 54.5 Å². The Balaban J connectivity index is 0. The molecule has 11 rings (SSSR count). The number of terminal acetylenes is 1. The Labute approximate surface area is 612 Å². The fraction of sp³-hybridized carbons (Fsp3) is 0.195. The van der Waals surface area contributed by atoms with E-state index in [1.807, 2.05) is 212 Å². The minimum Gasteiger partial charge on any atom is -0.793 e. The Morgan fingerprint density at radius 1 is 0.462 bits per heavy atom. The van der Waals surface area contributed by atoms with Crippen LogP contribution < -0.4 is 0 Å². The maximum absolute atomic E-state index is 5.54. The fourth-order valence-corrected chi connectivity index (χ4v) is 8.58. The molecule has 2 aliphatic rings. The largest absolute Gasteiger partial charge is 4.00 e. The predicted octanol–water partition coefficient (Wildman–Crippen LogP) is 21.6. The Morgan fingerprint density at radius 3 is 0.912 bits per heavy atom. The molecule has 2 aliphatic heterocycles. The van der Waals surface area contributed by atoms with E-state index < -0.39 is 0 Å². The monoisotopic (exact) mass is 1430 g/mol. The number of halogens is 2. The van der Waals surface area contributed by atoms with Crippen molar-refractivity contribution in [3.8, 4) is 24.2 Å². The van der Waals surface area contributed by atoms with E-state index in [9.17, 15) is 0 Å². The van der Waals surface area contributed by atoms with Crippen LogP contribution in [0, 0.1) is 100 Å². The molecule has 0 N–H and O–H groups in total. The van der Waals surface area contributed by atoms with Crippen molar-refractivity contribution in [2.24, 2.45) is 0 Å². The number of rotatable bonds is 5. The molecule has 91 heavy (non-hydrogen) atoms. The van der Waals surface area contributed by atoms with E-state index in [0.717, 1.165) is 82.2 Å². The second-order valence-corrected chi connectivity index (χ2v) is 21.8. The first-order valence-electron chi connectivity index (χ1n) is 29.5. The zero-order chi connectivity index (χ0) is 65.7. The van der Waals surface area contributed by atoms with Gasteiger partial charge in [-0.1, -0.05) is 108 Å². The molecule has 2 fully saturated rings. The zero-order valence-corrected chi connectivity index (χ0v) is 62.3. The molecule has 2 saturated heterocycles. The molecule has 1 unspecified atom stereocenters. The second-order valence-electron chi connectivity index (χ2n) is 20.1. The van der Waals surface area contributed by atoms with Crippen LogP contribution in [0.4, 0.5) is 5.69 Å². The number of alkyl halides is 2. The number of hydrogen-bond acceptors (Lipinski definition) is 3. The number of aryl methyl sites for hydroxylation is 4. The van der Waals surface area contributed by atoms with Crippen molar-refractivity contribution < 1.29 is 52.4 Å². The molecule has 0 spiro atoms. The second kappa shape index (κ2) is 57.4. The van der Waals surface area contributed by atoms with E-state index >= 15 is 0 Å². The summed E-state index contributed by atoms with van der Waals surface area (Å²) in [5.74, 6) is 7.08. The summed E-state index contributed by atoms with van der Waals surface area (Å²) in [7, 11) is 0. The van der Waals surface area contributed by atoms with Crippen molar-refractivity contribution in [3.63, 3.8) is 0 Å². The number of likely N-dealkylation sites (tertiary alicyclic amines) is 2. The molecular weight excluding hydrogens is 1340 g/mol. The van der Waals surface area contributed by atoms with Gasteiger partial charge in [-0.05, 0) is 102 Å². The van der Waals surface area contributed by atoms with E-state index in [-0.39, 0.29) is 63.2 Å². The molecule has 9 aromatic carbocycles. The van der Waals surface area contributed by atoms with E-state index in [1.165, 1.54) is 53.5 Å². The minimum atomic E-state index is -0.0951. The molecule has 9 aromatic rings. The van der Waals surface area contributed by atoms with Gasteiger partial charge in [0.05, 0.1) is 10.3 Å². The quantitative estimate of drug-likeness (QED) is 0.0562. The van der Waals surface area contributed by atoms with Gasteiger partial charge in [0.2, 0.25) is 0 Å². The molecule has 0 radical (unpaired) electrons. The van der Waals surface area contributed by atoms with Crippen LogP contribution in [0.5, 0.6) is 0 Å². The van der Waals surface area contributed by atoms with Crippen LogP contribution >= 0.6 is 35.4 Å². The van der Waals surface area contributed by atoms with Crippen molar-refractivity contribution in [3.05, 3.63) is 369 Å². The number of hydrogen-bond donors (Lipinski definition) is 0. The summed E-state index contributed by atoms with van der Waals surface area (Å²) in [5, 5.41) is 4.88. The normalized spacial score (nSPS) is 11.0. The van der Waals surface area contributed by atoms with Crippen LogP contribution in [0.15, 0.2) is 249 Å². The summed E-state index contributed by atoms with van der Waals surface area (Å²) < 4.78 is 0. The fourth-order valence-electron chi connectivity index (χ4n) is 7.94. The summed E-state index contributed by atoms with van der Waals surface area (Å²) >= 11 is 20.5. The van der Waals surface area contributed by atoms with Gasteiger partial charge in [-0.2, -0.15) is 178 Å². The molecule has 9 heteroatoms. The third-order valence-corrected chi connectivity index (χ3v) is 13.5. The summed E-state index contributed by atoms with van der Waals surface area (Å²) in [5.41, 5.74) is 15.1. The maximum Gasteiger partial charge on any atom is 4.00 e. The summed E-state index contributed by atoms with van der Waals surface area (Å²) in [6, 6.07) is 81.8. The van der Waals surface area contributed by atoms with Gasteiger partial charge in [0.1, 0.15) is 0 Å². The van der Waals surface area contributed by atoms with Crippen LogP contribution in [-0.2, 0) is 71.5 Å². The Morgan fingerprint density at radius 2 is 0.703 bits per heavy atom. The molecule has 0 amide bonds. The average molecular weight is 1440 g/mol. The molecule has 0 aliphatic carbocycles. The van der Waals surface area contributed by atoms with Crippen molar-refractivity contribution in [1.29, 1.82) is 0 Å². The number of benzene rings is 9. The van der Waals surface area contributed by atoms with E-state index in [0.29, 0.717) is 0 Å². The van der Waals surface area contributed by atoms with Gasteiger partial charge in [-0.3, -0.25) is 0 Å². The third-order valence-electron chi connectivity index (χ3n) is 12.7. The topological polar surface area (TPSA) is 20.6 Å². The molecule has 0 bridgehead atoms. The molecule has 1 atom stereocenters. The van der Waals surface area contributed by atoms with Crippen molar-refractivity contribution in [2.45, 2.75) is 72.2 Å². The van der Waals surface area contributed by atoms with Crippen molar-refractivity contribution >= 4 is 58.7 Å². The van der Waals surface area contributed by atoms with Gasteiger partial charge < -0.3 is 27.7 Å². The number of nitrogens with zero attached hydrogens (tertiary/aromatic N) is 3. The van der Waals surface area contributed by atoms with Crippen LogP contribution in [-0.4, -0.2) is 51.8 Å².